The van der Waals surface area contributed by atoms with Crippen molar-refractivity contribution in [2.24, 2.45) is 0 Å². The molecule has 160 valence electrons. The van der Waals surface area contributed by atoms with Gasteiger partial charge in [0, 0.05) is 22.8 Å². The minimum atomic E-state index is -0.946. The summed E-state index contributed by atoms with van der Waals surface area (Å²) in [6.07, 6.45) is 7.54. The van der Waals surface area contributed by atoms with Crippen molar-refractivity contribution in [2.75, 3.05) is 11.9 Å². The predicted molar refractivity (Wildman–Crippen MR) is 121 cm³/mol. The fourth-order valence-corrected chi connectivity index (χ4v) is 4.30. The molecule has 3 N–H and O–H groups in total. The first-order valence-electron chi connectivity index (χ1n) is 10.6. The maximum Gasteiger partial charge on any atom is 0.335 e. The molecule has 0 atom stereocenters. The number of carboxylic acids is 1. The molecule has 1 amide bonds. The second-order valence-electron chi connectivity index (χ2n) is 8.02. The predicted octanol–water partition coefficient (Wildman–Crippen LogP) is 5.54. The highest BCUT2D eigenvalue weighted by Gasteiger charge is 2.31. The van der Waals surface area contributed by atoms with Crippen molar-refractivity contribution in [3.63, 3.8) is 0 Å². The van der Waals surface area contributed by atoms with Crippen LogP contribution >= 0.6 is 11.6 Å². The van der Waals surface area contributed by atoms with E-state index in [2.05, 4.69) is 17.6 Å². The Bertz CT molecular complexity index is 890. The van der Waals surface area contributed by atoms with E-state index in [1.807, 2.05) is 12.1 Å². The number of halogens is 1. The number of benzene rings is 2. The van der Waals surface area contributed by atoms with Crippen LogP contribution < -0.4 is 10.6 Å². The molecule has 0 heterocycles. The van der Waals surface area contributed by atoms with Gasteiger partial charge in [0.05, 0.1) is 11.1 Å². The molecule has 0 bridgehead atoms. The molecular weight excluding hydrogens is 400 g/mol. The molecule has 2 aromatic rings. The highest BCUT2D eigenvalue weighted by atomic mass is 35.5. The van der Waals surface area contributed by atoms with E-state index in [4.69, 9.17) is 16.7 Å². The molecular formula is C24H29ClN2O3. The van der Waals surface area contributed by atoms with Crippen LogP contribution in [0, 0.1) is 0 Å². The Morgan fingerprint density at radius 3 is 2.40 bits per heavy atom. The lowest BCUT2D eigenvalue weighted by molar-refractivity contribution is 0.0696. The molecule has 0 saturated heterocycles. The summed E-state index contributed by atoms with van der Waals surface area (Å²) >= 11 is 6.19. The molecule has 0 unspecified atom stereocenters. The number of carbonyl (C=O) groups is 2. The van der Waals surface area contributed by atoms with Crippen molar-refractivity contribution in [2.45, 2.75) is 57.4 Å². The summed E-state index contributed by atoms with van der Waals surface area (Å²) in [6, 6.07) is 12.1. The largest absolute Gasteiger partial charge is 0.478 e. The third kappa shape index (κ3) is 5.54. The SMILES string of the molecule is CCC1(Nc2ccc(Cl)cc2C(=O)NCCc2ccc(C(=O)O)cc2)CCCCC1. The van der Waals surface area contributed by atoms with Crippen molar-refractivity contribution in [1.82, 2.24) is 5.32 Å². The van der Waals surface area contributed by atoms with E-state index in [1.165, 1.54) is 19.3 Å². The molecule has 1 saturated carbocycles. The number of carboxylic acid groups (broad SMARTS) is 1. The van der Waals surface area contributed by atoms with Gasteiger partial charge in [-0.3, -0.25) is 4.79 Å². The van der Waals surface area contributed by atoms with Crippen molar-refractivity contribution in [3.05, 3.63) is 64.2 Å². The van der Waals surface area contributed by atoms with Gasteiger partial charge in [0.2, 0.25) is 0 Å². The van der Waals surface area contributed by atoms with Crippen LogP contribution in [0.5, 0.6) is 0 Å². The number of hydrogen-bond acceptors (Lipinski definition) is 3. The normalized spacial score (nSPS) is 15.4. The molecule has 2 aromatic carbocycles. The summed E-state index contributed by atoms with van der Waals surface area (Å²) in [6.45, 7) is 2.65. The Labute approximate surface area is 182 Å². The fraction of sp³-hybridized carbons (Fsp3) is 0.417. The second kappa shape index (κ2) is 9.98. The molecule has 0 spiro atoms. The molecule has 5 nitrogen and oxygen atoms in total. The van der Waals surface area contributed by atoms with Gasteiger partial charge in [-0.05, 0) is 61.6 Å². The van der Waals surface area contributed by atoms with E-state index < -0.39 is 5.97 Å². The van der Waals surface area contributed by atoms with E-state index >= 15 is 0 Å². The van der Waals surface area contributed by atoms with Crippen LogP contribution in [-0.4, -0.2) is 29.1 Å². The Morgan fingerprint density at radius 1 is 1.07 bits per heavy atom. The lowest BCUT2D eigenvalue weighted by atomic mass is 9.79. The van der Waals surface area contributed by atoms with Crippen LogP contribution in [0.4, 0.5) is 5.69 Å². The Hall–Kier alpha value is -2.53. The number of rotatable bonds is 8. The van der Waals surface area contributed by atoms with Crippen LogP contribution in [0.15, 0.2) is 42.5 Å². The summed E-state index contributed by atoms with van der Waals surface area (Å²) in [4.78, 5) is 23.8. The highest BCUT2D eigenvalue weighted by Crippen LogP contribution is 2.35. The summed E-state index contributed by atoms with van der Waals surface area (Å²) in [5.41, 5.74) is 2.64. The summed E-state index contributed by atoms with van der Waals surface area (Å²) < 4.78 is 0. The van der Waals surface area contributed by atoms with Crippen LogP contribution in [0.25, 0.3) is 0 Å². The zero-order valence-electron chi connectivity index (χ0n) is 17.3. The fourth-order valence-electron chi connectivity index (χ4n) is 4.12. The Balaban J connectivity index is 1.66. The Kier molecular flexibility index (Phi) is 7.38. The van der Waals surface area contributed by atoms with Crippen molar-refractivity contribution < 1.29 is 14.7 Å². The van der Waals surface area contributed by atoms with Crippen LogP contribution in [0.3, 0.4) is 0 Å². The lowest BCUT2D eigenvalue weighted by Crippen LogP contribution is -2.40. The third-order valence-corrected chi connectivity index (χ3v) is 6.25. The van der Waals surface area contributed by atoms with Gasteiger partial charge >= 0.3 is 5.97 Å². The molecule has 0 radical (unpaired) electrons. The molecule has 0 aromatic heterocycles. The zero-order chi connectivity index (χ0) is 21.6. The quantitative estimate of drug-likeness (QED) is 0.516. The number of nitrogens with one attached hydrogen (secondary N) is 2. The van der Waals surface area contributed by atoms with E-state index in [0.29, 0.717) is 23.6 Å². The maximum absolute atomic E-state index is 12.9. The highest BCUT2D eigenvalue weighted by molar-refractivity contribution is 6.31. The van der Waals surface area contributed by atoms with Crippen LogP contribution in [0.1, 0.15) is 71.7 Å². The van der Waals surface area contributed by atoms with Gasteiger partial charge in [-0.15, -0.1) is 0 Å². The Morgan fingerprint density at radius 2 is 1.77 bits per heavy atom. The van der Waals surface area contributed by atoms with Gasteiger partial charge in [-0.25, -0.2) is 4.79 Å². The number of hydrogen-bond donors (Lipinski definition) is 3. The smallest absolute Gasteiger partial charge is 0.335 e. The van der Waals surface area contributed by atoms with Gasteiger partial charge < -0.3 is 15.7 Å². The molecule has 30 heavy (non-hydrogen) atoms. The lowest BCUT2D eigenvalue weighted by Gasteiger charge is -2.39. The maximum atomic E-state index is 12.9. The van der Waals surface area contributed by atoms with Crippen LogP contribution in [0.2, 0.25) is 5.02 Å². The van der Waals surface area contributed by atoms with Crippen molar-refractivity contribution >= 4 is 29.2 Å². The number of amides is 1. The minimum absolute atomic E-state index is 0.0347. The molecule has 3 rings (SSSR count). The summed E-state index contributed by atoms with van der Waals surface area (Å²) in [7, 11) is 0. The monoisotopic (exact) mass is 428 g/mol. The van der Waals surface area contributed by atoms with E-state index in [1.54, 1.807) is 30.3 Å². The first-order valence-corrected chi connectivity index (χ1v) is 11.0. The van der Waals surface area contributed by atoms with Gasteiger partial charge in [-0.2, -0.15) is 0 Å². The standard InChI is InChI=1S/C24H29ClN2O3/c1-2-24(13-4-3-5-14-24)27-21-11-10-19(25)16-20(21)22(28)26-15-12-17-6-8-18(9-7-17)23(29)30/h6-11,16,27H,2-5,12-15H2,1H3,(H,26,28)(H,29,30). The first-order chi connectivity index (χ1) is 14.4. The average Bonchev–Trinajstić information content (AvgIpc) is 2.76. The van der Waals surface area contributed by atoms with E-state index in [0.717, 1.165) is 30.5 Å². The van der Waals surface area contributed by atoms with Gasteiger partial charge in [0.15, 0.2) is 0 Å². The second-order valence-corrected chi connectivity index (χ2v) is 8.45. The molecule has 1 fully saturated rings. The van der Waals surface area contributed by atoms with Gasteiger partial charge in [0.1, 0.15) is 0 Å². The topological polar surface area (TPSA) is 78.4 Å². The molecule has 0 aliphatic heterocycles. The zero-order valence-corrected chi connectivity index (χ0v) is 18.1. The number of aromatic carboxylic acids is 1. The van der Waals surface area contributed by atoms with E-state index in [9.17, 15) is 9.59 Å². The third-order valence-electron chi connectivity index (χ3n) is 6.01. The van der Waals surface area contributed by atoms with E-state index in [-0.39, 0.29) is 17.0 Å². The van der Waals surface area contributed by atoms with Gasteiger partial charge in [0.25, 0.3) is 5.91 Å². The average molecular weight is 429 g/mol. The summed E-state index contributed by atoms with van der Waals surface area (Å²) in [5.74, 6) is -1.11. The van der Waals surface area contributed by atoms with Crippen molar-refractivity contribution in [1.29, 1.82) is 0 Å². The van der Waals surface area contributed by atoms with Gasteiger partial charge in [-0.1, -0.05) is 49.9 Å². The molecule has 6 heteroatoms. The molecule has 1 aliphatic carbocycles. The van der Waals surface area contributed by atoms with Crippen molar-refractivity contribution in [3.8, 4) is 0 Å². The first kappa shape index (κ1) is 22.2. The summed E-state index contributed by atoms with van der Waals surface area (Å²) in [5, 5.41) is 16.1. The number of anilines is 1. The minimum Gasteiger partial charge on any atom is -0.478 e. The number of carbonyl (C=O) groups excluding carboxylic acids is 1. The van der Waals surface area contributed by atoms with Crippen LogP contribution in [-0.2, 0) is 6.42 Å². The molecule has 1 aliphatic rings.